The highest BCUT2D eigenvalue weighted by Crippen LogP contribution is 2.31. The molecule has 0 bridgehead atoms. The minimum atomic E-state index is -0.138. The minimum Gasteiger partial charge on any atom is -0.496 e. The number of hydrogen-bond acceptors (Lipinski definition) is 4. The lowest BCUT2D eigenvalue weighted by molar-refractivity contribution is 0.333. The molecule has 0 saturated carbocycles. The molecule has 0 aliphatic carbocycles. The molecule has 0 aliphatic rings. The summed E-state index contributed by atoms with van der Waals surface area (Å²) >= 11 is 0. The molecule has 0 spiro atoms. The van der Waals surface area contributed by atoms with E-state index in [0.717, 1.165) is 17.0 Å². The molecule has 2 N–H and O–H groups in total. The molecule has 96 valence electrons. The van der Waals surface area contributed by atoms with E-state index in [-0.39, 0.29) is 6.04 Å². The number of hydrogen-bond donors (Lipinski definition) is 1. The molecule has 0 radical (unpaired) electrons. The Morgan fingerprint density at radius 3 is 2.67 bits per heavy atom. The number of para-hydroxylation sites is 1. The fourth-order valence-corrected chi connectivity index (χ4v) is 1.76. The van der Waals surface area contributed by atoms with Crippen LogP contribution in [0.2, 0.25) is 0 Å². The van der Waals surface area contributed by atoms with Crippen molar-refractivity contribution in [1.82, 2.24) is 5.16 Å². The summed E-state index contributed by atoms with van der Waals surface area (Å²) in [5.41, 5.74) is 7.69. The summed E-state index contributed by atoms with van der Waals surface area (Å²) in [6, 6.07) is 9.44. The van der Waals surface area contributed by atoms with E-state index < -0.39 is 0 Å². The van der Waals surface area contributed by atoms with Crippen LogP contribution in [0.5, 0.6) is 5.75 Å². The van der Waals surface area contributed by atoms with Gasteiger partial charge in [-0.2, -0.15) is 0 Å². The van der Waals surface area contributed by atoms with E-state index >= 15 is 0 Å². The Morgan fingerprint density at radius 2 is 2.00 bits per heavy atom. The highest BCUT2D eigenvalue weighted by Gasteiger charge is 2.18. The first-order valence-electron chi connectivity index (χ1n) is 5.99. The molecule has 2 rings (SSSR count). The van der Waals surface area contributed by atoms with E-state index in [1.807, 2.05) is 30.3 Å². The summed E-state index contributed by atoms with van der Waals surface area (Å²) < 4.78 is 10.6. The van der Waals surface area contributed by atoms with Gasteiger partial charge in [-0.25, -0.2) is 0 Å². The van der Waals surface area contributed by atoms with Gasteiger partial charge in [-0.3, -0.25) is 0 Å². The Hall–Kier alpha value is -1.81. The van der Waals surface area contributed by atoms with Crippen molar-refractivity contribution in [3.63, 3.8) is 0 Å². The lowest BCUT2D eigenvalue weighted by Gasteiger charge is -2.10. The van der Waals surface area contributed by atoms with Crippen LogP contribution in [0.4, 0.5) is 0 Å². The second kappa shape index (κ2) is 5.23. The summed E-state index contributed by atoms with van der Waals surface area (Å²) in [5, 5.41) is 4.06. The lowest BCUT2D eigenvalue weighted by atomic mass is 10.0. The van der Waals surface area contributed by atoms with E-state index in [9.17, 15) is 0 Å². The van der Waals surface area contributed by atoms with Crippen molar-refractivity contribution >= 4 is 0 Å². The Bertz CT molecular complexity index is 520. The second-order valence-electron chi connectivity index (χ2n) is 4.58. The Kier molecular flexibility index (Phi) is 3.67. The third kappa shape index (κ3) is 2.38. The number of nitrogens with two attached hydrogens (primary N) is 1. The number of methoxy groups -OCH3 is 1. The van der Waals surface area contributed by atoms with Gasteiger partial charge < -0.3 is 15.0 Å². The van der Waals surface area contributed by atoms with E-state index in [1.54, 1.807) is 7.11 Å². The SMILES string of the molecule is COc1ccccc1-c1cc(C(N)C(C)C)on1. The summed E-state index contributed by atoms with van der Waals surface area (Å²) in [7, 11) is 1.64. The normalized spacial score (nSPS) is 12.7. The number of ether oxygens (including phenoxy) is 1. The van der Waals surface area contributed by atoms with Crippen LogP contribution in [0.25, 0.3) is 11.3 Å². The van der Waals surface area contributed by atoms with Crippen LogP contribution in [0.1, 0.15) is 25.6 Å². The smallest absolute Gasteiger partial charge is 0.154 e. The predicted octanol–water partition coefficient (Wildman–Crippen LogP) is 3.01. The van der Waals surface area contributed by atoms with Gasteiger partial charge in [0.25, 0.3) is 0 Å². The lowest BCUT2D eigenvalue weighted by Crippen LogP contribution is -2.15. The Labute approximate surface area is 107 Å². The van der Waals surface area contributed by atoms with Crippen LogP contribution < -0.4 is 10.5 Å². The highest BCUT2D eigenvalue weighted by atomic mass is 16.5. The zero-order valence-electron chi connectivity index (χ0n) is 10.9. The van der Waals surface area contributed by atoms with Crippen molar-refractivity contribution in [3.8, 4) is 17.0 Å². The van der Waals surface area contributed by atoms with Crippen LogP contribution in [0.3, 0.4) is 0 Å². The van der Waals surface area contributed by atoms with Crippen LogP contribution in [0, 0.1) is 5.92 Å². The largest absolute Gasteiger partial charge is 0.496 e. The van der Waals surface area contributed by atoms with Crippen LogP contribution >= 0.6 is 0 Å². The molecular formula is C14H18N2O2. The van der Waals surface area contributed by atoms with Crippen molar-refractivity contribution in [1.29, 1.82) is 0 Å². The van der Waals surface area contributed by atoms with Crippen molar-refractivity contribution < 1.29 is 9.26 Å². The first kappa shape index (κ1) is 12.6. The van der Waals surface area contributed by atoms with E-state index in [4.69, 9.17) is 15.0 Å². The van der Waals surface area contributed by atoms with E-state index in [2.05, 4.69) is 19.0 Å². The van der Waals surface area contributed by atoms with Gasteiger partial charge >= 0.3 is 0 Å². The molecule has 1 aromatic carbocycles. The topological polar surface area (TPSA) is 61.3 Å². The third-order valence-corrected chi connectivity index (χ3v) is 2.96. The van der Waals surface area contributed by atoms with E-state index in [0.29, 0.717) is 11.7 Å². The number of benzene rings is 1. The molecule has 18 heavy (non-hydrogen) atoms. The predicted molar refractivity (Wildman–Crippen MR) is 70.3 cm³/mol. The van der Waals surface area contributed by atoms with Gasteiger partial charge in [0.1, 0.15) is 11.4 Å². The standard InChI is InChI=1S/C14H18N2O2/c1-9(2)14(15)13-8-11(16-18-13)10-6-4-5-7-12(10)17-3/h4-9,14H,15H2,1-3H3. The van der Waals surface area contributed by atoms with Crippen molar-refractivity contribution in [2.45, 2.75) is 19.9 Å². The molecule has 0 saturated heterocycles. The van der Waals surface area contributed by atoms with Gasteiger partial charge in [-0.05, 0) is 18.1 Å². The average Bonchev–Trinajstić information content (AvgIpc) is 2.87. The van der Waals surface area contributed by atoms with Crippen LogP contribution in [-0.4, -0.2) is 12.3 Å². The van der Waals surface area contributed by atoms with Crippen molar-refractivity contribution in [2.24, 2.45) is 11.7 Å². The summed E-state index contributed by atoms with van der Waals surface area (Å²) in [4.78, 5) is 0. The first-order chi connectivity index (χ1) is 8.63. The molecular weight excluding hydrogens is 228 g/mol. The molecule has 2 aromatic rings. The highest BCUT2D eigenvalue weighted by molar-refractivity contribution is 5.66. The maximum atomic E-state index is 6.03. The quantitative estimate of drug-likeness (QED) is 0.900. The molecule has 4 nitrogen and oxygen atoms in total. The number of nitrogens with zero attached hydrogens (tertiary/aromatic N) is 1. The molecule has 0 aliphatic heterocycles. The third-order valence-electron chi connectivity index (χ3n) is 2.96. The van der Waals surface area contributed by atoms with Crippen LogP contribution in [0.15, 0.2) is 34.9 Å². The van der Waals surface area contributed by atoms with Gasteiger partial charge in [0, 0.05) is 11.6 Å². The van der Waals surface area contributed by atoms with E-state index in [1.165, 1.54) is 0 Å². The summed E-state index contributed by atoms with van der Waals surface area (Å²) in [6.45, 7) is 4.10. The van der Waals surface area contributed by atoms with Gasteiger partial charge in [0.15, 0.2) is 5.76 Å². The van der Waals surface area contributed by atoms with Gasteiger partial charge in [-0.1, -0.05) is 31.1 Å². The molecule has 0 amide bonds. The molecule has 1 unspecified atom stereocenters. The zero-order valence-corrected chi connectivity index (χ0v) is 10.9. The van der Waals surface area contributed by atoms with Gasteiger partial charge in [-0.15, -0.1) is 0 Å². The fourth-order valence-electron chi connectivity index (χ4n) is 1.76. The number of rotatable bonds is 4. The fraction of sp³-hybridized carbons (Fsp3) is 0.357. The second-order valence-corrected chi connectivity index (χ2v) is 4.58. The minimum absolute atomic E-state index is 0.138. The molecule has 0 fully saturated rings. The van der Waals surface area contributed by atoms with Crippen molar-refractivity contribution in [3.05, 3.63) is 36.1 Å². The van der Waals surface area contributed by atoms with Gasteiger partial charge in [0.05, 0.1) is 13.2 Å². The maximum absolute atomic E-state index is 6.03. The first-order valence-corrected chi connectivity index (χ1v) is 5.99. The molecule has 4 heteroatoms. The Morgan fingerprint density at radius 1 is 1.28 bits per heavy atom. The summed E-state index contributed by atoms with van der Waals surface area (Å²) in [5.74, 6) is 1.78. The van der Waals surface area contributed by atoms with Crippen molar-refractivity contribution in [2.75, 3.05) is 7.11 Å². The zero-order chi connectivity index (χ0) is 13.1. The number of aromatic nitrogens is 1. The summed E-state index contributed by atoms with van der Waals surface area (Å²) in [6.07, 6.45) is 0. The molecule has 1 atom stereocenters. The maximum Gasteiger partial charge on any atom is 0.154 e. The Balaban J connectivity index is 2.35. The monoisotopic (exact) mass is 246 g/mol. The molecule has 1 aromatic heterocycles. The molecule has 1 heterocycles. The van der Waals surface area contributed by atoms with Crippen LogP contribution in [-0.2, 0) is 0 Å². The average molecular weight is 246 g/mol. The van der Waals surface area contributed by atoms with Gasteiger partial charge in [0.2, 0.25) is 0 Å².